The van der Waals surface area contributed by atoms with Crippen molar-refractivity contribution in [2.24, 2.45) is 0 Å². The summed E-state index contributed by atoms with van der Waals surface area (Å²) in [5.74, 6) is -0.236. The Kier molecular flexibility index (Phi) is 5.50. The Balaban J connectivity index is 2.08. The number of hydrogen-bond donors (Lipinski definition) is 2. The number of aliphatic hydroxyl groups excluding tert-OH is 1. The Hall–Kier alpha value is -1.69. The van der Waals surface area contributed by atoms with Gasteiger partial charge >= 0.3 is 0 Å². The third-order valence-electron chi connectivity index (χ3n) is 3.08. The van der Waals surface area contributed by atoms with Gasteiger partial charge in [0.1, 0.15) is 0 Å². The molecule has 1 aromatic heterocycles. The van der Waals surface area contributed by atoms with E-state index in [4.69, 9.17) is 16.3 Å². The zero-order valence-electron chi connectivity index (χ0n) is 11.7. The second-order valence-electron chi connectivity index (χ2n) is 4.65. The number of aliphatic hydroxyl groups is 1. The number of benzene rings is 1. The first kappa shape index (κ1) is 15.7. The number of carbonyl (C=O) groups excluding carboxylic acids is 1. The van der Waals surface area contributed by atoms with Crippen LogP contribution in [0.15, 0.2) is 30.5 Å². The van der Waals surface area contributed by atoms with Gasteiger partial charge in [0.05, 0.1) is 28.8 Å². The lowest BCUT2D eigenvalue weighted by Gasteiger charge is -2.11. The third kappa shape index (κ3) is 3.91. The molecule has 0 saturated heterocycles. The van der Waals surface area contributed by atoms with Crippen LogP contribution >= 0.6 is 11.6 Å². The Labute approximate surface area is 127 Å². The number of nitrogens with zero attached hydrogens (tertiary/aromatic N) is 1. The molecule has 1 aromatic carbocycles. The van der Waals surface area contributed by atoms with Crippen LogP contribution in [0.2, 0.25) is 5.02 Å². The summed E-state index contributed by atoms with van der Waals surface area (Å²) in [5, 5.41) is 13.6. The number of halogens is 1. The van der Waals surface area contributed by atoms with Gasteiger partial charge in [-0.3, -0.25) is 9.78 Å². The molecule has 0 saturated carbocycles. The molecular formula is C15H17ClN2O3. The van der Waals surface area contributed by atoms with E-state index in [0.717, 1.165) is 5.39 Å². The fourth-order valence-corrected chi connectivity index (χ4v) is 2.26. The van der Waals surface area contributed by atoms with Gasteiger partial charge in [0.15, 0.2) is 0 Å². The van der Waals surface area contributed by atoms with Crippen molar-refractivity contribution in [3.05, 3.63) is 41.0 Å². The fraction of sp³-hybridized carbons (Fsp3) is 0.333. The van der Waals surface area contributed by atoms with Crippen molar-refractivity contribution in [1.82, 2.24) is 10.3 Å². The minimum atomic E-state index is -0.588. The monoisotopic (exact) mass is 308 g/mol. The first-order valence-electron chi connectivity index (χ1n) is 6.62. The maximum Gasteiger partial charge on any atom is 0.253 e. The van der Waals surface area contributed by atoms with Gasteiger partial charge in [-0.05, 0) is 30.7 Å². The Morgan fingerprint density at radius 2 is 2.29 bits per heavy atom. The molecule has 2 rings (SSSR count). The fourth-order valence-electron chi connectivity index (χ4n) is 2.04. The summed E-state index contributed by atoms with van der Waals surface area (Å²) in [6, 6.07) is 6.93. The number of methoxy groups -OCH3 is 1. The summed E-state index contributed by atoms with van der Waals surface area (Å²) in [6.07, 6.45) is 1.46. The summed E-state index contributed by atoms with van der Waals surface area (Å²) in [6.45, 7) is 0.613. The highest BCUT2D eigenvalue weighted by Crippen LogP contribution is 2.24. The lowest BCUT2D eigenvalue weighted by atomic mass is 10.1. The van der Waals surface area contributed by atoms with E-state index in [1.165, 1.54) is 7.11 Å². The number of hydrogen-bond acceptors (Lipinski definition) is 4. The molecule has 6 heteroatoms. The summed E-state index contributed by atoms with van der Waals surface area (Å²) >= 11 is 6.10. The highest BCUT2D eigenvalue weighted by molar-refractivity contribution is 6.36. The molecule has 0 bridgehead atoms. The van der Waals surface area contributed by atoms with Crippen LogP contribution in [0.1, 0.15) is 16.8 Å². The summed E-state index contributed by atoms with van der Waals surface area (Å²) in [4.78, 5) is 16.4. The third-order valence-corrected chi connectivity index (χ3v) is 3.41. The summed E-state index contributed by atoms with van der Waals surface area (Å²) in [7, 11) is 1.52. The van der Waals surface area contributed by atoms with Crippen molar-refractivity contribution in [1.29, 1.82) is 0 Å². The van der Waals surface area contributed by atoms with E-state index >= 15 is 0 Å². The van der Waals surface area contributed by atoms with Crippen LogP contribution in [-0.4, -0.2) is 42.4 Å². The van der Waals surface area contributed by atoms with Crippen molar-refractivity contribution < 1.29 is 14.6 Å². The zero-order valence-corrected chi connectivity index (χ0v) is 12.4. The molecular weight excluding hydrogens is 292 g/mol. The predicted molar refractivity (Wildman–Crippen MR) is 81.6 cm³/mol. The molecule has 1 unspecified atom stereocenters. The zero-order chi connectivity index (χ0) is 15.2. The Bertz CT molecular complexity index is 633. The van der Waals surface area contributed by atoms with Gasteiger partial charge in [0.25, 0.3) is 5.91 Å². The number of amides is 1. The molecule has 1 atom stereocenters. The molecule has 0 aliphatic rings. The van der Waals surface area contributed by atoms with Crippen molar-refractivity contribution in [2.45, 2.75) is 12.5 Å². The molecule has 0 aliphatic carbocycles. The number of aromatic nitrogens is 1. The van der Waals surface area contributed by atoms with E-state index in [9.17, 15) is 9.90 Å². The van der Waals surface area contributed by atoms with Gasteiger partial charge in [-0.25, -0.2) is 0 Å². The highest BCUT2D eigenvalue weighted by Gasteiger charge is 2.13. The van der Waals surface area contributed by atoms with Crippen molar-refractivity contribution in [2.75, 3.05) is 20.3 Å². The number of nitrogens with one attached hydrogen (secondary N) is 1. The van der Waals surface area contributed by atoms with Gasteiger partial charge in [0.2, 0.25) is 0 Å². The highest BCUT2D eigenvalue weighted by atomic mass is 35.5. The lowest BCUT2D eigenvalue weighted by molar-refractivity contribution is 0.0588. The molecule has 112 valence electrons. The van der Waals surface area contributed by atoms with Crippen LogP contribution in [0.25, 0.3) is 10.9 Å². The van der Waals surface area contributed by atoms with Crippen LogP contribution < -0.4 is 5.32 Å². The first-order valence-corrected chi connectivity index (χ1v) is 6.99. The van der Waals surface area contributed by atoms with E-state index in [1.54, 1.807) is 24.4 Å². The van der Waals surface area contributed by atoms with Gasteiger partial charge in [-0.2, -0.15) is 0 Å². The topological polar surface area (TPSA) is 71.5 Å². The minimum Gasteiger partial charge on any atom is -0.391 e. The Morgan fingerprint density at radius 3 is 3.05 bits per heavy atom. The SMILES string of the molecule is COCC(O)CCNC(=O)c1ccc(Cl)c2cccnc12. The van der Waals surface area contributed by atoms with Gasteiger partial charge < -0.3 is 15.2 Å². The number of carbonyl (C=O) groups is 1. The van der Waals surface area contributed by atoms with Crippen LogP contribution in [0.5, 0.6) is 0 Å². The quantitative estimate of drug-likeness (QED) is 0.856. The molecule has 5 nitrogen and oxygen atoms in total. The Morgan fingerprint density at radius 1 is 1.48 bits per heavy atom. The number of rotatable bonds is 6. The van der Waals surface area contributed by atoms with Gasteiger partial charge in [0, 0.05) is 25.2 Å². The number of pyridine rings is 1. The molecule has 0 fully saturated rings. The van der Waals surface area contributed by atoms with E-state index in [-0.39, 0.29) is 12.5 Å². The molecule has 2 aromatic rings. The van der Waals surface area contributed by atoms with Crippen LogP contribution in [0.4, 0.5) is 0 Å². The van der Waals surface area contributed by atoms with E-state index in [0.29, 0.717) is 29.1 Å². The number of fused-ring (bicyclic) bond motifs is 1. The van der Waals surface area contributed by atoms with E-state index < -0.39 is 6.10 Å². The van der Waals surface area contributed by atoms with Crippen LogP contribution in [0, 0.1) is 0 Å². The molecule has 0 aliphatic heterocycles. The van der Waals surface area contributed by atoms with Crippen molar-refractivity contribution >= 4 is 28.4 Å². The van der Waals surface area contributed by atoms with Crippen molar-refractivity contribution in [3.63, 3.8) is 0 Å². The predicted octanol–water partition coefficient (Wildman–Crippen LogP) is 2.02. The van der Waals surface area contributed by atoms with Crippen LogP contribution in [0.3, 0.4) is 0 Å². The second kappa shape index (κ2) is 7.36. The molecule has 1 amide bonds. The largest absolute Gasteiger partial charge is 0.391 e. The second-order valence-corrected chi connectivity index (χ2v) is 5.06. The molecule has 2 N–H and O–H groups in total. The van der Waals surface area contributed by atoms with Crippen molar-refractivity contribution in [3.8, 4) is 0 Å². The van der Waals surface area contributed by atoms with E-state index in [2.05, 4.69) is 10.3 Å². The standard InChI is InChI=1S/C15H17ClN2O3/c1-21-9-10(19)6-8-18-15(20)12-4-5-13(16)11-3-2-7-17-14(11)12/h2-5,7,10,19H,6,8-9H2,1H3,(H,18,20). The first-order chi connectivity index (χ1) is 10.1. The molecule has 0 spiro atoms. The minimum absolute atomic E-state index is 0.236. The summed E-state index contributed by atoms with van der Waals surface area (Å²) in [5.41, 5.74) is 1.04. The average Bonchev–Trinajstić information content (AvgIpc) is 2.48. The summed E-state index contributed by atoms with van der Waals surface area (Å²) < 4.78 is 4.83. The van der Waals surface area contributed by atoms with Gasteiger partial charge in [-0.1, -0.05) is 11.6 Å². The molecule has 21 heavy (non-hydrogen) atoms. The number of ether oxygens (including phenoxy) is 1. The normalized spacial score (nSPS) is 12.3. The average molecular weight is 309 g/mol. The molecule has 1 heterocycles. The van der Waals surface area contributed by atoms with Crippen LogP contribution in [-0.2, 0) is 4.74 Å². The van der Waals surface area contributed by atoms with E-state index in [1.807, 2.05) is 6.07 Å². The maximum absolute atomic E-state index is 12.2. The lowest BCUT2D eigenvalue weighted by Crippen LogP contribution is -2.28. The van der Waals surface area contributed by atoms with Gasteiger partial charge in [-0.15, -0.1) is 0 Å². The maximum atomic E-state index is 12.2. The molecule has 0 radical (unpaired) electrons. The smallest absolute Gasteiger partial charge is 0.253 e.